The van der Waals surface area contributed by atoms with E-state index >= 15 is 0 Å². The topological polar surface area (TPSA) is 21.3 Å². The zero-order valence-corrected chi connectivity index (χ0v) is 14.9. The van der Waals surface area contributed by atoms with Gasteiger partial charge in [-0.05, 0) is 77.8 Å². The van der Waals surface area contributed by atoms with Crippen LogP contribution in [-0.4, -0.2) is 7.05 Å². The Morgan fingerprint density at radius 3 is 2.25 bits per heavy atom. The second-order valence-corrected chi connectivity index (χ2v) is 6.42. The van der Waals surface area contributed by atoms with Crippen LogP contribution in [-0.2, 0) is 6.54 Å². The molecule has 1 N–H and O–H groups in total. The average Bonchev–Trinajstić information content (AvgIpc) is 2.39. The number of ether oxygens (including phenoxy) is 1. The smallest absolute Gasteiger partial charge is 0.141 e. The summed E-state index contributed by atoms with van der Waals surface area (Å²) in [6.07, 6.45) is 0. The van der Waals surface area contributed by atoms with Crippen LogP contribution >= 0.6 is 31.9 Å². The molecule has 20 heavy (non-hydrogen) atoms. The van der Waals surface area contributed by atoms with Crippen molar-refractivity contribution >= 4 is 31.9 Å². The summed E-state index contributed by atoms with van der Waals surface area (Å²) in [5, 5.41) is 3.13. The molecule has 0 spiro atoms. The zero-order valence-electron chi connectivity index (χ0n) is 11.8. The number of halogens is 2. The standard InChI is InChI=1S/C16H17Br2NO/c1-10-6-13(7-11(2)16(10)18)20-15-5-4-12(9-19-3)8-14(15)17/h4-8,19H,9H2,1-3H3. The SMILES string of the molecule is CNCc1ccc(Oc2cc(C)c(Br)c(C)c2)c(Br)c1. The predicted octanol–water partition coefficient (Wildman–Crippen LogP) is 5.34. The normalized spacial score (nSPS) is 10.7. The van der Waals surface area contributed by atoms with Gasteiger partial charge >= 0.3 is 0 Å². The minimum Gasteiger partial charge on any atom is -0.456 e. The third kappa shape index (κ3) is 3.62. The highest BCUT2D eigenvalue weighted by molar-refractivity contribution is 9.10. The van der Waals surface area contributed by atoms with Gasteiger partial charge in [-0.15, -0.1) is 0 Å². The Morgan fingerprint density at radius 1 is 1.05 bits per heavy atom. The first-order chi connectivity index (χ1) is 9.51. The summed E-state index contributed by atoms with van der Waals surface area (Å²) in [5.41, 5.74) is 3.56. The molecule has 4 heteroatoms. The van der Waals surface area contributed by atoms with E-state index < -0.39 is 0 Å². The lowest BCUT2D eigenvalue weighted by atomic mass is 10.1. The van der Waals surface area contributed by atoms with Crippen LogP contribution in [0.3, 0.4) is 0 Å². The van der Waals surface area contributed by atoms with Gasteiger partial charge in [0.15, 0.2) is 0 Å². The number of aryl methyl sites for hydroxylation is 2. The molecule has 0 fully saturated rings. The summed E-state index contributed by atoms with van der Waals surface area (Å²) in [7, 11) is 1.94. The van der Waals surface area contributed by atoms with Crippen LogP contribution in [0.1, 0.15) is 16.7 Å². The minimum absolute atomic E-state index is 0.825. The van der Waals surface area contributed by atoms with Crippen molar-refractivity contribution in [3.05, 3.63) is 56.0 Å². The average molecular weight is 399 g/mol. The highest BCUT2D eigenvalue weighted by Crippen LogP contribution is 2.33. The van der Waals surface area contributed by atoms with Gasteiger partial charge in [-0.1, -0.05) is 22.0 Å². The van der Waals surface area contributed by atoms with Crippen molar-refractivity contribution in [3.63, 3.8) is 0 Å². The molecule has 0 aromatic heterocycles. The molecule has 0 aliphatic heterocycles. The van der Waals surface area contributed by atoms with Crippen molar-refractivity contribution in [2.45, 2.75) is 20.4 Å². The molecule has 2 aromatic carbocycles. The maximum atomic E-state index is 5.97. The third-order valence-electron chi connectivity index (χ3n) is 3.01. The molecule has 0 unspecified atom stereocenters. The highest BCUT2D eigenvalue weighted by atomic mass is 79.9. The van der Waals surface area contributed by atoms with Gasteiger partial charge in [0.05, 0.1) is 4.47 Å². The van der Waals surface area contributed by atoms with Gasteiger partial charge in [0.1, 0.15) is 11.5 Å². The maximum absolute atomic E-state index is 5.97. The number of nitrogens with one attached hydrogen (secondary N) is 1. The van der Waals surface area contributed by atoms with Gasteiger partial charge in [0.25, 0.3) is 0 Å². The first-order valence-electron chi connectivity index (χ1n) is 6.39. The predicted molar refractivity (Wildman–Crippen MR) is 90.6 cm³/mol. The largest absolute Gasteiger partial charge is 0.456 e. The summed E-state index contributed by atoms with van der Waals surface area (Å²) in [6.45, 7) is 4.97. The molecule has 0 atom stereocenters. The second-order valence-electron chi connectivity index (χ2n) is 4.77. The maximum Gasteiger partial charge on any atom is 0.141 e. The fraction of sp³-hybridized carbons (Fsp3) is 0.250. The Balaban J connectivity index is 2.26. The summed E-state index contributed by atoms with van der Waals surface area (Å²) >= 11 is 7.13. The molecule has 0 heterocycles. The van der Waals surface area contributed by atoms with Crippen LogP contribution in [0.4, 0.5) is 0 Å². The van der Waals surface area contributed by atoms with Gasteiger partial charge in [-0.25, -0.2) is 0 Å². The van der Waals surface area contributed by atoms with Crippen LogP contribution in [0.2, 0.25) is 0 Å². The number of hydrogen-bond donors (Lipinski definition) is 1. The van der Waals surface area contributed by atoms with Crippen molar-refractivity contribution in [3.8, 4) is 11.5 Å². The van der Waals surface area contributed by atoms with Crippen LogP contribution in [0.15, 0.2) is 39.3 Å². The molecule has 0 radical (unpaired) electrons. The van der Waals surface area contributed by atoms with E-state index in [0.29, 0.717) is 0 Å². The van der Waals surface area contributed by atoms with Crippen LogP contribution in [0, 0.1) is 13.8 Å². The molecule has 0 saturated carbocycles. The van der Waals surface area contributed by atoms with E-state index in [-0.39, 0.29) is 0 Å². The van der Waals surface area contributed by atoms with Gasteiger partial charge in [0.2, 0.25) is 0 Å². The molecule has 2 aromatic rings. The van der Waals surface area contributed by atoms with E-state index in [9.17, 15) is 0 Å². The molecular weight excluding hydrogens is 382 g/mol. The monoisotopic (exact) mass is 397 g/mol. The van der Waals surface area contributed by atoms with Gasteiger partial charge in [-0.2, -0.15) is 0 Å². The van der Waals surface area contributed by atoms with E-state index in [0.717, 1.165) is 27.0 Å². The Bertz CT molecular complexity index is 603. The Labute approximate surface area is 136 Å². The van der Waals surface area contributed by atoms with E-state index in [1.165, 1.54) is 16.7 Å². The Kier molecular flexibility index (Phi) is 5.24. The lowest BCUT2D eigenvalue weighted by Gasteiger charge is -2.12. The Morgan fingerprint density at radius 2 is 1.70 bits per heavy atom. The molecule has 2 nitrogen and oxygen atoms in total. The van der Waals surface area contributed by atoms with Crippen molar-refractivity contribution in [2.75, 3.05) is 7.05 Å². The van der Waals surface area contributed by atoms with Crippen LogP contribution < -0.4 is 10.1 Å². The van der Waals surface area contributed by atoms with Crippen molar-refractivity contribution in [1.29, 1.82) is 0 Å². The molecule has 0 aliphatic rings. The zero-order chi connectivity index (χ0) is 14.7. The lowest BCUT2D eigenvalue weighted by molar-refractivity contribution is 0.478. The molecule has 0 aliphatic carbocycles. The van der Waals surface area contributed by atoms with E-state index in [1.807, 2.05) is 25.2 Å². The van der Waals surface area contributed by atoms with Crippen molar-refractivity contribution in [2.24, 2.45) is 0 Å². The molecule has 0 bridgehead atoms. The van der Waals surface area contributed by atoms with Gasteiger partial charge < -0.3 is 10.1 Å². The first-order valence-corrected chi connectivity index (χ1v) is 7.97. The summed E-state index contributed by atoms with van der Waals surface area (Å²) in [5.74, 6) is 1.68. The first kappa shape index (κ1) is 15.5. The summed E-state index contributed by atoms with van der Waals surface area (Å²) < 4.78 is 8.07. The van der Waals surface area contributed by atoms with Gasteiger partial charge in [0, 0.05) is 11.0 Å². The molecule has 2 rings (SSSR count). The molecule has 106 valence electrons. The lowest BCUT2D eigenvalue weighted by Crippen LogP contribution is -2.04. The van der Waals surface area contributed by atoms with Crippen molar-refractivity contribution in [1.82, 2.24) is 5.32 Å². The minimum atomic E-state index is 0.825. The van der Waals surface area contributed by atoms with E-state index in [4.69, 9.17) is 4.74 Å². The molecule has 0 amide bonds. The summed E-state index contributed by atoms with van der Waals surface area (Å²) in [6, 6.07) is 10.2. The van der Waals surface area contributed by atoms with Crippen LogP contribution in [0.25, 0.3) is 0 Å². The van der Waals surface area contributed by atoms with Crippen LogP contribution in [0.5, 0.6) is 11.5 Å². The molecular formula is C16H17Br2NO. The Hall–Kier alpha value is -0.840. The second kappa shape index (κ2) is 6.74. The summed E-state index contributed by atoms with van der Waals surface area (Å²) in [4.78, 5) is 0. The van der Waals surface area contributed by atoms with Crippen molar-refractivity contribution < 1.29 is 4.74 Å². The highest BCUT2D eigenvalue weighted by Gasteiger charge is 2.07. The molecule has 0 saturated heterocycles. The number of rotatable bonds is 4. The number of benzene rings is 2. The fourth-order valence-corrected chi connectivity index (χ4v) is 2.77. The third-order valence-corrected chi connectivity index (χ3v) is 4.89. The number of hydrogen-bond acceptors (Lipinski definition) is 2. The quantitative estimate of drug-likeness (QED) is 0.750. The van der Waals surface area contributed by atoms with Gasteiger partial charge in [-0.3, -0.25) is 0 Å². The van der Waals surface area contributed by atoms with E-state index in [2.05, 4.69) is 63.2 Å². The van der Waals surface area contributed by atoms with E-state index in [1.54, 1.807) is 0 Å². The fourth-order valence-electron chi connectivity index (χ4n) is 2.03.